The lowest BCUT2D eigenvalue weighted by molar-refractivity contribution is -0.143. The van der Waals surface area contributed by atoms with E-state index in [0.717, 1.165) is 0 Å². The number of hydrogen-bond acceptors (Lipinski definition) is 5. The molecule has 1 heterocycles. The summed E-state index contributed by atoms with van der Waals surface area (Å²) in [7, 11) is 0. The van der Waals surface area contributed by atoms with Crippen molar-refractivity contribution in [3.8, 4) is 0 Å². The van der Waals surface area contributed by atoms with Crippen LogP contribution in [0, 0.1) is 0 Å². The third-order valence-electron chi connectivity index (χ3n) is 5.03. The first-order valence-electron chi connectivity index (χ1n) is 9.68. The van der Waals surface area contributed by atoms with E-state index in [4.69, 9.17) is 10.5 Å². The van der Waals surface area contributed by atoms with Gasteiger partial charge in [-0.05, 0) is 30.9 Å². The van der Waals surface area contributed by atoms with Crippen LogP contribution in [0.2, 0.25) is 0 Å². The third-order valence-corrected chi connectivity index (χ3v) is 5.03. The molecule has 1 unspecified atom stereocenters. The lowest BCUT2D eigenvalue weighted by atomic mass is 9.81. The van der Waals surface area contributed by atoms with Crippen molar-refractivity contribution in [2.45, 2.75) is 37.9 Å². The highest BCUT2D eigenvalue weighted by atomic mass is 16.5. The number of hydrogen-bond donors (Lipinski definition) is 2. The number of urea groups is 1. The Morgan fingerprint density at radius 3 is 2.14 bits per heavy atom. The van der Waals surface area contributed by atoms with Crippen LogP contribution >= 0.6 is 0 Å². The second kappa shape index (κ2) is 8.87. The zero-order valence-corrected chi connectivity index (χ0v) is 16.3. The van der Waals surface area contributed by atoms with Crippen LogP contribution in [0.25, 0.3) is 0 Å². The fraction of sp³-hybridized carbons (Fsp3) is 0.318. The molecule has 0 saturated carbocycles. The number of nitrogens with two attached hydrogens (primary N) is 1. The summed E-state index contributed by atoms with van der Waals surface area (Å²) in [5.74, 6) is -0.750. The second-order valence-corrected chi connectivity index (χ2v) is 6.84. The van der Waals surface area contributed by atoms with Gasteiger partial charge in [0.05, 0.1) is 12.8 Å². The van der Waals surface area contributed by atoms with Crippen LogP contribution < -0.4 is 11.1 Å². The molecule has 0 spiro atoms. The minimum Gasteiger partial charge on any atom is -0.466 e. The Kier molecular flexibility index (Phi) is 6.29. The molecule has 7 nitrogen and oxygen atoms in total. The number of nitrogens with one attached hydrogen (secondary N) is 1. The molecule has 1 atom stereocenters. The maximum atomic E-state index is 13.2. The normalized spacial score (nSPS) is 16.4. The van der Waals surface area contributed by atoms with Crippen molar-refractivity contribution >= 4 is 17.9 Å². The highest BCUT2D eigenvalue weighted by Crippen LogP contribution is 2.41. The zero-order chi connectivity index (χ0) is 20.9. The number of ether oxygens (including phenoxy) is 1. The fourth-order valence-corrected chi connectivity index (χ4v) is 3.79. The van der Waals surface area contributed by atoms with E-state index in [2.05, 4.69) is 5.32 Å². The van der Waals surface area contributed by atoms with Crippen molar-refractivity contribution in [1.82, 2.24) is 10.2 Å². The molecule has 3 N–H and O–H groups in total. The minimum absolute atomic E-state index is 0.203. The van der Waals surface area contributed by atoms with Gasteiger partial charge in [-0.2, -0.15) is 0 Å². The summed E-state index contributed by atoms with van der Waals surface area (Å²) in [4.78, 5) is 39.0. The summed E-state index contributed by atoms with van der Waals surface area (Å²) in [6.45, 7) is 2.07. The maximum Gasteiger partial charge on any atom is 0.326 e. The Bertz CT molecular complexity index is 831. The zero-order valence-electron chi connectivity index (χ0n) is 16.3. The number of nitrogens with zero attached hydrogens (tertiary/aromatic N) is 1. The average Bonchev–Trinajstić information content (AvgIpc) is 3.00. The number of amides is 3. The summed E-state index contributed by atoms with van der Waals surface area (Å²) in [5.41, 5.74) is 6.33. The molecule has 2 aromatic carbocycles. The molecular formula is C22H25N3O4. The van der Waals surface area contributed by atoms with Crippen molar-refractivity contribution in [2.75, 3.05) is 6.61 Å². The minimum atomic E-state index is -1.37. The van der Waals surface area contributed by atoms with E-state index in [0.29, 0.717) is 30.6 Å². The molecule has 7 heteroatoms. The topological polar surface area (TPSA) is 102 Å². The van der Waals surface area contributed by atoms with E-state index in [-0.39, 0.29) is 12.4 Å². The molecule has 0 aliphatic carbocycles. The van der Waals surface area contributed by atoms with Crippen LogP contribution in [0.15, 0.2) is 60.7 Å². The van der Waals surface area contributed by atoms with Gasteiger partial charge >= 0.3 is 12.0 Å². The molecule has 1 aliphatic rings. The Balaban J connectivity index is 1.98. The first-order chi connectivity index (χ1) is 14.0. The van der Waals surface area contributed by atoms with E-state index in [1.54, 1.807) is 6.92 Å². The predicted molar refractivity (Wildman–Crippen MR) is 108 cm³/mol. The molecule has 0 radical (unpaired) electrons. The number of carbonyl (C=O) groups is 3. The molecule has 3 amide bonds. The molecular weight excluding hydrogens is 370 g/mol. The average molecular weight is 395 g/mol. The molecule has 1 saturated heterocycles. The lowest BCUT2D eigenvalue weighted by Gasteiger charge is -2.39. The smallest absolute Gasteiger partial charge is 0.326 e. The van der Waals surface area contributed by atoms with Crippen LogP contribution in [0.5, 0.6) is 0 Å². The largest absolute Gasteiger partial charge is 0.466 e. The van der Waals surface area contributed by atoms with Crippen LogP contribution in [0.3, 0.4) is 0 Å². The highest BCUT2D eigenvalue weighted by molar-refractivity contribution is 6.09. The van der Waals surface area contributed by atoms with E-state index in [1.165, 1.54) is 4.90 Å². The van der Waals surface area contributed by atoms with Gasteiger partial charge in [-0.1, -0.05) is 60.7 Å². The van der Waals surface area contributed by atoms with Crippen LogP contribution in [-0.2, 0) is 19.9 Å². The molecule has 1 fully saturated rings. The molecule has 152 valence electrons. The number of rotatable bonds is 8. The standard InChI is InChI=1S/C22H25N3O4/c1-2-29-19(26)15-9-14-18(23)25-21(28)24-20(27)22(25,16-10-5-3-6-11-16)17-12-7-4-8-13-17/h3-8,10-13,18H,2,9,14-15,23H2,1H3,(H,24,27,28). The molecule has 2 aromatic rings. The number of imide groups is 1. The van der Waals surface area contributed by atoms with E-state index in [9.17, 15) is 14.4 Å². The van der Waals surface area contributed by atoms with E-state index in [1.807, 2.05) is 60.7 Å². The maximum absolute atomic E-state index is 13.2. The summed E-state index contributed by atoms with van der Waals surface area (Å²) >= 11 is 0. The number of esters is 1. The van der Waals surface area contributed by atoms with Crippen molar-refractivity contribution in [1.29, 1.82) is 0 Å². The van der Waals surface area contributed by atoms with E-state index < -0.39 is 23.6 Å². The van der Waals surface area contributed by atoms with Crippen molar-refractivity contribution in [3.05, 3.63) is 71.8 Å². The summed E-state index contributed by atoms with van der Waals surface area (Å²) in [5, 5.41) is 2.43. The fourth-order valence-electron chi connectivity index (χ4n) is 3.79. The van der Waals surface area contributed by atoms with Crippen molar-refractivity contribution in [3.63, 3.8) is 0 Å². The van der Waals surface area contributed by atoms with Crippen LogP contribution in [0.4, 0.5) is 4.79 Å². The molecule has 29 heavy (non-hydrogen) atoms. The lowest BCUT2D eigenvalue weighted by Crippen LogP contribution is -2.55. The first-order valence-corrected chi connectivity index (χ1v) is 9.68. The molecule has 3 rings (SSSR count). The van der Waals surface area contributed by atoms with E-state index >= 15 is 0 Å². The van der Waals surface area contributed by atoms with Gasteiger partial charge in [0, 0.05) is 6.42 Å². The Morgan fingerprint density at radius 2 is 1.62 bits per heavy atom. The van der Waals surface area contributed by atoms with Gasteiger partial charge < -0.3 is 10.5 Å². The summed E-state index contributed by atoms with van der Waals surface area (Å²) in [6, 6.07) is 17.7. The Labute approximate surface area is 169 Å². The van der Waals surface area contributed by atoms with Crippen LogP contribution in [0.1, 0.15) is 37.3 Å². The van der Waals surface area contributed by atoms with Gasteiger partial charge in [0.1, 0.15) is 0 Å². The van der Waals surface area contributed by atoms with Crippen LogP contribution in [-0.4, -0.2) is 35.6 Å². The summed E-state index contributed by atoms with van der Waals surface area (Å²) < 4.78 is 4.94. The second-order valence-electron chi connectivity index (χ2n) is 6.84. The van der Waals surface area contributed by atoms with Gasteiger partial charge in [-0.15, -0.1) is 0 Å². The summed E-state index contributed by atoms with van der Waals surface area (Å²) in [6.07, 6.45) is 0.226. The van der Waals surface area contributed by atoms with Gasteiger partial charge in [0.15, 0.2) is 5.54 Å². The van der Waals surface area contributed by atoms with Gasteiger partial charge in [-0.3, -0.25) is 19.8 Å². The molecule has 1 aliphatic heterocycles. The molecule has 0 aromatic heterocycles. The number of carbonyl (C=O) groups excluding carboxylic acids is 3. The Hall–Kier alpha value is -3.19. The molecule has 0 bridgehead atoms. The SMILES string of the molecule is CCOC(=O)CCCC(N)N1C(=O)NC(=O)C1(c1ccccc1)c1ccccc1. The number of benzene rings is 2. The quantitative estimate of drug-likeness (QED) is 0.528. The van der Waals surface area contributed by atoms with Crippen molar-refractivity contribution < 1.29 is 19.1 Å². The Morgan fingerprint density at radius 1 is 1.07 bits per heavy atom. The van der Waals surface area contributed by atoms with Gasteiger partial charge in [0.2, 0.25) is 0 Å². The highest BCUT2D eigenvalue weighted by Gasteiger charge is 2.57. The van der Waals surface area contributed by atoms with Gasteiger partial charge in [-0.25, -0.2) is 4.79 Å². The first kappa shape index (κ1) is 20.5. The van der Waals surface area contributed by atoms with Crippen molar-refractivity contribution in [2.24, 2.45) is 5.73 Å². The predicted octanol–water partition coefficient (Wildman–Crippen LogP) is 2.50. The monoisotopic (exact) mass is 395 g/mol. The third kappa shape index (κ3) is 3.86. The van der Waals surface area contributed by atoms with Gasteiger partial charge in [0.25, 0.3) is 5.91 Å².